The Labute approximate surface area is 123 Å². The number of hydrogen-bond donors (Lipinski definition) is 1. The minimum Gasteiger partial charge on any atom is -0.507 e. The van der Waals surface area contributed by atoms with Gasteiger partial charge in [-0.1, -0.05) is 12.1 Å². The molecule has 3 aromatic rings. The Balaban J connectivity index is 2.08. The number of halogens is 3. The molecule has 0 saturated heterocycles. The van der Waals surface area contributed by atoms with Crippen LogP contribution in [0.1, 0.15) is 5.56 Å². The minimum atomic E-state index is -4.52. The number of nitrogens with zero attached hydrogens (tertiary/aromatic N) is 3. The van der Waals surface area contributed by atoms with Gasteiger partial charge in [-0.3, -0.25) is 0 Å². The predicted molar refractivity (Wildman–Crippen MR) is 73.5 cm³/mol. The molecule has 0 atom stereocenters. The van der Waals surface area contributed by atoms with Crippen LogP contribution >= 0.6 is 0 Å². The lowest BCUT2D eigenvalue weighted by molar-refractivity contribution is -0.137. The van der Waals surface area contributed by atoms with E-state index in [4.69, 9.17) is 0 Å². The molecule has 0 amide bonds. The molecule has 0 unspecified atom stereocenters. The summed E-state index contributed by atoms with van der Waals surface area (Å²) in [6, 6.07) is 10.2. The summed E-state index contributed by atoms with van der Waals surface area (Å²) < 4.78 is 40.1. The van der Waals surface area contributed by atoms with Gasteiger partial charge in [-0.15, -0.1) is 0 Å². The van der Waals surface area contributed by atoms with E-state index in [-0.39, 0.29) is 11.6 Å². The molecule has 1 aromatic carbocycles. The topological polar surface area (TPSA) is 50.9 Å². The van der Waals surface area contributed by atoms with Crippen LogP contribution in [0, 0.1) is 0 Å². The molecule has 112 valence electrons. The van der Waals surface area contributed by atoms with Gasteiger partial charge in [0, 0.05) is 18.0 Å². The van der Waals surface area contributed by atoms with E-state index in [1.807, 2.05) is 0 Å². The molecule has 0 radical (unpaired) electrons. The Hall–Kier alpha value is -2.83. The van der Waals surface area contributed by atoms with Crippen LogP contribution in [0.15, 0.2) is 54.9 Å². The molecule has 0 aliphatic heterocycles. The maximum Gasteiger partial charge on any atom is 0.420 e. The Kier molecular flexibility index (Phi) is 3.32. The molecule has 3 rings (SSSR count). The second-order valence-corrected chi connectivity index (χ2v) is 4.54. The molecule has 2 heterocycles. The van der Waals surface area contributed by atoms with Crippen LogP contribution in [-0.4, -0.2) is 19.9 Å². The van der Waals surface area contributed by atoms with Crippen LogP contribution in [0.2, 0.25) is 0 Å². The average molecular weight is 305 g/mol. The fraction of sp³-hybridized carbons (Fsp3) is 0.0667. The van der Waals surface area contributed by atoms with Gasteiger partial charge in [0.05, 0.1) is 5.69 Å². The highest BCUT2D eigenvalue weighted by Gasteiger charge is 2.34. The van der Waals surface area contributed by atoms with Crippen molar-refractivity contribution < 1.29 is 18.3 Å². The molecule has 2 aromatic heterocycles. The molecule has 1 N–H and O–H groups in total. The van der Waals surface area contributed by atoms with Crippen molar-refractivity contribution in [2.45, 2.75) is 6.18 Å². The van der Waals surface area contributed by atoms with E-state index < -0.39 is 11.7 Å². The van der Waals surface area contributed by atoms with Gasteiger partial charge in [-0.05, 0) is 30.3 Å². The number of phenolic OH excluding ortho intramolecular Hbond substituents is 1. The molecule has 0 bridgehead atoms. The number of hydrogen-bond acceptors (Lipinski definition) is 3. The van der Waals surface area contributed by atoms with E-state index in [1.165, 1.54) is 30.6 Å². The number of aromatic hydroxyl groups is 1. The zero-order chi connectivity index (χ0) is 15.7. The molecule has 0 aliphatic carbocycles. The molecule has 0 spiro atoms. The third-order valence-corrected chi connectivity index (χ3v) is 3.08. The van der Waals surface area contributed by atoms with Gasteiger partial charge in [0.25, 0.3) is 0 Å². The first-order valence-corrected chi connectivity index (χ1v) is 6.33. The van der Waals surface area contributed by atoms with Crippen molar-refractivity contribution in [3.8, 4) is 22.8 Å². The average Bonchev–Trinajstić information content (AvgIpc) is 2.96. The molecule has 7 heteroatoms. The van der Waals surface area contributed by atoms with Crippen molar-refractivity contribution in [3.05, 3.63) is 60.4 Å². The van der Waals surface area contributed by atoms with E-state index in [0.717, 1.165) is 10.7 Å². The van der Waals surface area contributed by atoms with Crippen molar-refractivity contribution in [1.29, 1.82) is 0 Å². The van der Waals surface area contributed by atoms with Gasteiger partial charge in [-0.2, -0.15) is 18.3 Å². The number of aromatic nitrogens is 3. The zero-order valence-electron chi connectivity index (χ0n) is 11.1. The summed E-state index contributed by atoms with van der Waals surface area (Å²) in [7, 11) is 0. The number of phenols is 1. The lowest BCUT2D eigenvalue weighted by Gasteiger charge is -2.11. The van der Waals surface area contributed by atoms with E-state index in [1.54, 1.807) is 18.2 Å². The minimum absolute atomic E-state index is 0.00446. The van der Waals surface area contributed by atoms with E-state index in [2.05, 4.69) is 10.1 Å². The fourth-order valence-electron chi connectivity index (χ4n) is 2.08. The predicted octanol–water partition coefficient (Wildman–Crippen LogP) is 3.66. The van der Waals surface area contributed by atoms with E-state index >= 15 is 0 Å². The first-order chi connectivity index (χ1) is 10.5. The van der Waals surface area contributed by atoms with Crippen molar-refractivity contribution in [1.82, 2.24) is 14.8 Å². The summed E-state index contributed by atoms with van der Waals surface area (Å²) in [5.74, 6) is -0.304. The summed E-state index contributed by atoms with van der Waals surface area (Å²) >= 11 is 0. The highest BCUT2D eigenvalue weighted by atomic mass is 19.4. The SMILES string of the molecule is Oc1ccccc1-c1ccn(-c2ncccc2C(F)(F)F)n1. The smallest absolute Gasteiger partial charge is 0.420 e. The van der Waals surface area contributed by atoms with Crippen molar-refractivity contribution in [3.63, 3.8) is 0 Å². The van der Waals surface area contributed by atoms with E-state index in [9.17, 15) is 18.3 Å². The fourth-order valence-corrected chi connectivity index (χ4v) is 2.08. The molecule has 0 aliphatic rings. The van der Waals surface area contributed by atoms with Crippen LogP contribution in [0.25, 0.3) is 17.1 Å². The molecular formula is C15H10F3N3O. The molecular weight excluding hydrogens is 295 g/mol. The largest absolute Gasteiger partial charge is 0.507 e. The van der Waals surface area contributed by atoms with E-state index in [0.29, 0.717) is 11.3 Å². The molecule has 4 nitrogen and oxygen atoms in total. The third kappa shape index (κ3) is 2.52. The second-order valence-electron chi connectivity index (χ2n) is 4.54. The van der Waals surface area contributed by atoms with Crippen molar-refractivity contribution in [2.75, 3.05) is 0 Å². The van der Waals surface area contributed by atoms with Crippen LogP contribution in [0.3, 0.4) is 0 Å². The highest BCUT2D eigenvalue weighted by Crippen LogP contribution is 2.33. The number of benzene rings is 1. The summed E-state index contributed by atoms with van der Waals surface area (Å²) in [6.07, 6.45) is -1.88. The lowest BCUT2D eigenvalue weighted by atomic mass is 10.1. The summed E-state index contributed by atoms with van der Waals surface area (Å²) in [4.78, 5) is 3.76. The number of para-hydroxylation sites is 1. The zero-order valence-corrected chi connectivity index (χ0v) is 11.1. The normalized spacial score (nSPS) is 11.6. The highest BCUT2D eigenvalue weighted by molar-refractivity contribution is 5.66. The van der Waals surface area contributed by atoms with Crippen molar-refractivity contribution >= 4 is 0 Å². The lowest BCUT2D eigenvalue weighted by Crippen LogP contribution is -2.12. The maximum absolute atomic E-state index is 13.0. The van der Waals surface area contributed by atoms with Gasteiger partial charge < -0.3 is 5.11 Å². The first-order valence-electron chi connectivity index (χ1n) is 6.33. The number of alkyl halides is 3. The van der Waals surface area contributed by atoms with Gasteiger partial charge in [-0.25, -0.2) is 9.67 Å². The molecule has 22 heavy (non-hydrogen) atoms. The number of pyridine rings is 1. The number of rotatable bonds is 2. The Morgan fingerprint density at radius 1 is 1.00 bits per heavy atom. The van der Waals surface area contributed by atoms with Gasteiger partial charge in [0.15, 0.2) is 5.82 Å². The molecule has 0 saturated carbocycles. The van der Waals surface area contributed by atoms with Crippen LogP contribution in [0.4, 0.5) is 13.2 Å². The standard InChI is InChI=1S/C15H10F3N3O/c16-15(17,18)11-5-3-8-19-14(11)21-9-7-12(20-21)10-4-1-2-6-13(10)22/h1-9,22H. The van der Waals surface area contributed by atoms with Crippen LogP contribution in [-0.2, 0) is 6.18 Å². The maximum atomic E-state index is 13.0. The monoisotopic (exact) mass is 305 g/mol. The Morgan fingerprint density at radius 3 is 2.50 bits per heavy atom. The van der Waals surface area contributed by atoms with Crippen LogP contribution < -0.4 is 0 Å². The van der Waals surface area contributed by atoms with Gasteiger partial charge in [0.2, 0.25) is 0 Å². The van der Waals surface area contributed by atoms with Crippen molar-refractivity contribution in [2.24, 2.45) is 0 Å². The molecule has 0 fully saturated rings. The Bertz CT molecular complexity index is 812. The second kappa shape index (κ2) is 5.18. The summed E-state index contributed by atoms with van der Waals surface area (Å²) in [5, 5.41) is 13.9. The summed E-state index contributed by atoms with van der Waals surface area (Å²) in [5.41, 5.74) is -0.0791. The first kappa shape index (κ1) is 14.1. The third-order valence-electron chi connectivity index (χ3n) is 3.08. The summed E-state index contributed by atoms with van der Waals surface area (Å²) in [6.45, 7) is 0. The van der Waals surface area contributed by atoms with Gasteiger partial charge in [0.1, 0.15) is 11.3 Å². The Morgan fingerprint density at radius 2 is 1.77 bits per heavy atom. The van der Waals surface area contributed by atoms with Gasteiger partial charge >= 0.3 is 6.18 Å². The quantitative estimate of drug-likeness (QED) is 0.786. The van der Waals surface area contributed by atoms with Crippen LogP contribution in [0.5, 0.6) is 5.75 Å².